The van der Waals surface area contributed by atoms with Gasteiger partial charge in [-0.1, -0.05) is 40.9 Å². The molecule has 0 saturated carbocycles. The number of hydrogen-bond donors (Lipinski definition) is 1. The summed E-state index contributed by atoms with van der Waals surface area (Å²) >= 11 is 18.9. The zero-order valence-electron chi connectivity index (χ0n) is 15.5. The third-order valence-corrected chi connectivity index (χ3v) is 6.55. The van der Waals surface area contributed by atoms with Crippen molar-refractivity contribution in [3.8, 4) is 0 Å². The molecule has 2 bridgehead atoms. The average molecular weight is 440 g/mol. The number of aromatic nitrogens is 1. The molecule has 1 aromatic heterocycles. The Balaban J connectivity index is 1.53. The van der Waals surface area contributed by atoms with E-state index in [1.807, 2.05) is 24.0 Å². The molecule has 2 aliphatic rings. The molecule has 2 saturated heterocycles. The summed E-state index contributed by atoms with van der Waals surface area (Å²) in [4.78, 5) is 21.2. The lowest BCUT2D eigenvalue weighted by Crippen LogP contribution is -2.45. The molecule has 28 heavy (non-hydrogen) atoms. The second-order valence-corrected chi connectivity index (χ2v) is 8.59. The van der Waals surface area contributed by atoms with Crippen LogP contribution in [0.1, 0.15) is 24.8 Å². The molecule has 2 aromatic rings. The van der Waals surface area contributed by atoms with Gasteiger partial charge in [0, 0.05) is 42.2 Å². The molecule has 148 valence electrons. The number of halogens is 3. The highest BCUT2D eigenvalue weighted by Crippen LogP contribution is 2.38. The number of aryl methyl sites for hydroxylation is 1. The summed E-state index contributed by atoms with van der Waals surface area (Å²) in [6, 6.07) is 5.80. The number of benzene rings is 1. The Morgan fingerprint density at radius 3 is 2.50 bits per heavy atom. The van der Waals surface area contributed by atoms with Crippen molar-refractivity contribution in [2.45, 2.75) is 38.3 Å². The van der Waals surface area contributed by atoms with Crippen LogP contribution in [0.25, 0.3) is 0 Å². The van der Waals surface area contributed by atoms with E-state index >= 15 is 0 Å². The molecule has 3 heterocycles. The maximum atomic E-state index is 13.0. The Kier molecular flexibility index (Phi) is 5.59. The molecule has 4 rings (SSSR count). The number of hydrogen-bond acceptors (Lipinski definition) is 3. The maximum absolute atomic E-state index is 13.0. The molecule has 5 nitrogen and oxygen atoms in total. The smallest absolute Gasteiger partial charge is 0.322 e. The van der Waals surface area contributed by atoms with E-state index in [-0.39, 0.29) is 18.1 Å². The molecule has 2 aliphatic heterocycles. The lowest BCUT2D eigenvalue weighted by molar-refractivity contribution is 0.190. The first kappa shape index (κ1) is 19.6. The zero-order chi connectivity index (χ0) is 19.8. The van der Waals surface area contributed by atoms with Gasteiger partial charge in [0.25, 0.3) is 0 Å². The predicted molar refractivity (Wildman–Crippen MR) is 115 cm³/mol. The standard InChI is InChI=1S/C20H21Cl3N4O/c1-12-2-3-13(8-16(12)21)25-20(28)27-14-4-5-15(27)11-26(7-6-14)19-17(22)9-24-10-18(19)23/h2-3,8-10,14-15H,4-7,11H2,1H3,(H,25,28). The van der Waals surface area contributed by atoms with Gasteiger partial charge in [-0.15, -0.1) is 0 Å². The zero-order valence-corrected chi connectivity index (χ0v) is 17.7. The third kappa shape index (κ3) is 3.76. The van der Waals surface area contributed by atoms with E-state index in [2.05, 4.69) is 15.2 Å². The molecule has 1 N–H and O–H groups in total. The van der Waals surface area contributed by atoms with Crippen molar-refractivity contribution in [2.24, 2.45) is 0 Å². The van der Waals surface area contributed by atoms with Gasteiger partial charge >= 0.3 is 6.03 Å². The van der Waals surface area contributed by atoms with Crippen molar-refractivity contribution in [2.75, 3.05) is 23.3 Å². The van der Waals surface area contributed by atoms with Crippen LogP contribution in [0, 0.1) is 6.92 Å². The van der Waals surface area contributed by atoms with Gasteiger partial charge in [-0.25, -0.2) is 4.79 Å². The van der Waals surface area contributed by atoms with Crippen LogP contribution in [0.5, 0.6) is 0 Å². The lowest BCUT2D eigenvalue weighted by atomic mass is 10.1. The number of rotatable bonds is 2. The summed E-state index contributed by atoms with van der Waals surface area (Å²) in [5.74, 6) is 0. The number of anilines is 2. The van der Waals surface area contributed by atoms with Crippen LogP contribution in [-0.2, 0) is 0 Å². The first-order valence-electron chi connectivity index (χ1n) is 9.33. The van der Waals surface area contributed by atoms with E-state index < -0.39 is 0 Å². The van der Waals surface area contributed by atoms with Crippen LogP contribution in [-0.4, -0.2) is 41.1 Å². The highest BCUT2D eigenvalue weighted by Gasteiger charge is 2.40. The molecular formula is C20H21Cl3N4O. The molecule has 2 unspecified atom stereocenters. The summed E-state index contributed by atoms with van der Waals surface area (Å²) in [6.07, 6.45) is 6.06. The van der Waals surface area contributed by atoms with Crippen LogP contribution >= 0.6 is 34.8 Å². The Bertz CT molecular complexity index is 887. The SMILES string of the molecule is Cc1ccc(NC(=O)N2C3CCC2CN(c2c(Cl)cncc2Cl)CC3)cc1Cl. The molecule has 1 aromatic carbocycles. The summed E-state index contributed by atoms with van der Waals surface area (Å²) < 4.78 is 0. The van der Waals surface area contributed by atoms with Crippen molar-refractivity contribution >= 4 is 52.2 Å². The van der Waals surface area contributed by atoms with Gasteiger partial charge in [-0.3, -0.25) is 4.98 Å². The minimum Gasteiger partial charge on any atom is -0.367 e. The van der Waals surface area contributed by atoms with Gasteiger partial charge in [0.1, 0.15) is 0 Å². The third-order valence-electron chi connectivity index (χ3n) is 5.59. The fourth-order valence-electron chi connectivity index (χ4n) is 4.17. The van der Waals surface area contributed by atoms with Crippen LogP contribution in [0.2, 0.25) is 15.1 Å². The quantitative estimate of drug-likeness (QED) is 0.660. The number of pyridine rings is 1. The van der Waals surface area contributed by atoms with Crippen LogP contribution in [0.3, 0.4) is 0 Å². The number of carbonyl (C=O) groups excluding carboxylic acids is 1. The Labute approximate surface area is 179 Å². The highest BCUT2D eigenvalue weighted by atomic mass is 35.5. The number of urea groups is 1. The molecule has 0 radical (unpaired) electrons. The number of nitrogens with one attached hydrogen (secondary N) is 1. The fraction of sp³-hybridized carbons (Fsp3) is 0.400. The van der Waals surface area contributed by atoms with Crippen molar-refractivity contribution in [1.82, 2.24) is 9.88 Å². The van der Waals surface area contributed by atoms with Gasteiger partial charge in [0.05, 0.1) is 21.8 Å². The second kappa shape index (κ2) is 7.97. The Hall–Kier alpha value is -1.69. The molecule has 2 fully saturated rings. The second-order valence-electron chi connectivity index (χ2n) is 7.37. The number of nitrogens with zero attached hydrogens (tertiary/aromatic N) is 3. The summed E-state index contributed by atoms with van der Waals surface area (Å²) in [6.45, 7) is 3.43. The van der Waals surface area contributed by atoms with Crippen LogP contribution in [0.15, 0.2) is 30.6 Å². The highest BCUT2D eigenvalue weighted by molar-refractivity contribution is 6.38. The van der Waals surface area contributed by atoms with E-state index in [4.69, 9.17) is 34.8 Å². The summed E-state index contributed by atoms with van der Waals surface area (Å²) in [7, 11) is 0. The van der Waals surface area contributed by atoms with E-state index in [0.717, 1.165) is 37.1 Å². The van der Waals surface area contributed by atoms with Crippen molar-refractivity contribution in [3.05, 3.63) is 51.2 Å². The fourth-order valence-corrected chi connectivity index (χ4v) is 4.96. The van der Waals surface area contributed by atoms with E-state index in [9.17, 15) is 4.79 Å². The van der Waals surface area contributed by atoms with Crippen molar-refractivity contribution in [3.63, 3.8) is 0 Å². The first-order chi connectivity index (χ1) is 13.4. The van der Waals surface area contributed by atoms with Crippen molar-refractivity contribution < 1.29 is 4.79 Å². The number of carbonyl (C=O) groups is 1. The van der Waals surface area contributed by atoms with Gasteiger partial charge in [0.2, 0.25) is 0 Å². The molecular weight excluding hydrogens is 419 g/mol. The van der Waals surface area contributed by atoms with Gasteiger partial charge in [-0.2, -0.15) is 0 Å². The predicted octanol–water partition coefficient (Wildman–Crippen LogP) is 5.63. The molecule has 8 heteroatoms. The molecule has 2 atom stereocenters. The summed E-state index contributed by atoms with van der Waals surface area (Å²) in [5, 5.41) is 4.73. The molecule has 2 amide bonds. The molecule has 0 spiro atoms. The number of fused-ring (bicyclic) bond motifs is 2. The first-order valence-corrected chi connectivity index (χ1v) is 10.5. The summed E-state index contributed by atoms with van der Waals surface area (Å²) in [5.41, 5.74) is 2.49. The van der Waals surface area contributed by atoms with E-state index in [0.29, 0.717) is 27.3 Å². The van der Waals surface area contributed by atoms with Crippen molar-refractivity contribution in [1.29, 1.82) is 0 Å². The lowest BCUT2D eigenvalue weighted by Gasteiger charge is -2.30. The Morgan fingerprint density at radius 2 is 1.79 bits per heavy atom. The minimum atomic E-state index is -0.0822. The van der Waals surface area contributed by atoms with Crippen LogP contribution in [0.4, 0.5) is 16.2 Å². The largest absolute Gasteiger partial charge is 0.367 e. The van der Waals surface area contributed by atoms with Gasteiger partial charge < -0.3 is 15.1 Å². The van der Waals surface area contributed by atoms with Crippen LogP contribution < -0.4 is 10.2 Å². The maximum Gasteiger partial charge on any atom is 0.322 e. The monoisotopic (exact) mass is 438 g/mol. The number of amides is 2. The molecule has 0 aliphatic carbocycles. The van der Waals surface area contributed by atoms with E-state index in [1.165, 1.54) is 0 Å². The van der Waals surface area contributed by atoms with E-state index in [1.54, 1.807) is 18.5 Å². The average Bonchev–Trinajstić information content (AvgIpc) is 2.94. The van der Waals surface area contributed by atoms with Gasteiger partial charge in [0.15, 0.2) is 0 Å². The van der Waals surface area contributed by atoms with Gasteiger partial charge in [-0.05, 0) is 43.9 Å². The Morgan fingerprint density at radius 1 is 1.07 bits per heavy atom. The minimum absolute atomic E-state index is 0.0822. The normalized spacial score (nSPS) is 21.6. The topological polar surface area (TPSA) is 48.5 Å².